The molecule has 0 saturated heterocycles. The number of hydrogen-bond acceptors (Lipinski definition) is 7. The van der Waals surface area contributed by atoms with E-state index in [1.165, 1.54) is 5.69 Å². The first kappa shape index (κ1) is 23.8. The maximum atomic E-state index is 9.01. The molecular weight excluding hydrogens is 422 g/mol. The Morgan fingerprint density at radius 3 is 2.35 bits per heavy atom. The number of nitriles is 1. The summed E-state index contributed by atoms with van der Waals surface area (Å²) in [7, 11) is 4.04. The average Bonchev–Trinajstić information content (AvgIpc) is 2.87. The number of hydrogen-bond donors (Lipinski definition) is 2. The van der Waals surface area contributed by atoms with Crippen molar-refractivity contribution in [3.8, 4) is 6.07 Å². The summed E-state index contributed by atoms with van der Waals surface area (Å²) in [6, 6.07) is 21.7. The monoisotopic (exact) mass is 457 g/mol. The van der Waals surface area contributed by atoms with Crippen molar-refractivity contribution in [2.45, 2.75) is 44.2 Å². The standard InChI is InChI=1S/C27H35N7/c1-33(2)26-24-11-6-7-12-25(24)31-27(32-26)30-22-15-13-21(14-16-22)29-18-20-34(19-8-17-28)23-9-4-3-5-10-23/h3-7,9-12,21-22,29H,8,13-16,18-20H2,1-2H3,(H,30,31,32)/t21-,22+. The highest BCUT2D eigenvalue weighted by Gasteiger charge is 2.22. The molecule has 0 amide bonds. The van der Waals surface area contributed by atoms with E-state index < -0.39 is 0 Å². The predicted octanol–water partition coefficient (Wildman–Crippen LogP) is 4.43. The number of benzene rings is 2. The highest BCUT2D eigenvalue weighted by molar-refractivity contribution is 5.90. The Bertz CT molecular complexity index is 1090. The van der Waals surface area contributed by atoms with Crippen molar-refractivity contribution in [3.05, 3.63) is 54.6 Å². The van der Waals surface area contributed by atoms with Gasteiger partial charge in [0.1, 0.15) is 5.82 Å². The van der Waals surface area contributed by atoms with Crippen LogP contribution in [0.15, 0.2) is 54.6 Å². The molecule has 3 aromatic rings. The Hall–Kier alpha value is -3.37. The van der Waals surface area contributed by atoms with Crippen molar-refractivity contribution in [3.63, 3.8) is 0 Å². The number of rotatable bonds is 10. The third-order valence-electron chi connectivity index (χ3n) is 6.50. The first-order valence-electron chi connectivity index (χ1n) is 12.2. The molecule has 178 valence electrons. The lowest BCUT2D eigenvalue weighted by Crippen LogP contribution is -2.41. The fourth-order valence-electron chi connectivity index (χ4n) is 4.69. The van der Waals surface area contributed by atoms with Gasteiger partial charge in [0.2, 0.25) is 5.95 Å². The van der Waals surface area contributed by atoms with Gasteiger partial charge in [-0.25, -0.2) is 4.98 Å². The van der Waals surface area contributed by atoms with Gasteiger partial charge in [-0.1, -0.05) is 30.3 Å². The van der Waals surface area contributed by atoms with Gasteiger partial charge in [0, 0.05) is 56.9 Å². The van der Waals surface area contributed by atoms with Crippen molar-refractivity contribution in [2.75, 3.05) is 48.8 Å². The summed E-state index contributed by atoms with van der Waals surface area (Å²) >= 11 is 0. The van der Waals surface area contributed by atoms with Crippen LogP contribution in [0.2, 0.25) is 0 Å². The van der Waals surface area contributed by atoms with Crippen molar-refractivity contribution in [1.29, 1.82) is 5.26 Å². The molecule has 0 bridgehead atoms. The van der Waals surface area contributed by atoms with Crippen molar-refractivity contribution < 1.29 is 0 Å². The molecule has 2 N–H and O–H groups in total. The van der Waals surface area contributed by atoms with Gasteiger partial charge >= 0.3 is 0 Å². The lowest BCUT2D eigenvalue weighted by atomic mass is 9.91. The number of aromatic nitrogens is 2. The van der Waals surface area contributed by atoms with Gasteiger partial charge in [0.25, 0.3) is 0 Å². The van der Waals surface area contributed by atoms with Crippen molar-refractivity contribution >= 4 is 28.4 Å². The van der Waals surface area contributed by atoms with Crippen LogP contribution in [-0.4, -0.2) is 55.8 Å². The van der Waals surface area contributed by atoms with Gasteiger partial charge in [-0.05, 0) is 49.9 Å². The van der Waals surface area contributed by atoms with Gasteiger partial charge in [-0.3, -0.25) is 0 Å². The van der Waals surface area contributed by atoms with Gasteiger partial charge < -0.3 is 20.4 Å². The van der Waals surface area contributed by atoms with Crippen LogP contribution in [0.25, 0.3) is 10.9 Å². The second kappa shape index (κ2) is 11.7. The van der Waals surface area contributed by atoms with E-state index in [0.29, 0.717) is 18.5 Å². The van der Waals surface area contributed by atoms with Gasteiger partial charge in [0.05, 0.1) is 18.0 Å². The van der Waals surface area contributed by atoms with E-state index in [-0.39, 0.29) is 0 Å². The van der Waals surface area contributed by atoms with Crippen LogP contribution >= 0.6 is 0 Å². The van der Waals surface area contributed by atoms with E-state index in [1.54, 1.807) is 0 Å². The van der Waals surface area contributed by atoms with E-state index in [9.17, 15) is 0 Å². The minimum Gasteiger partial charge on any atom is -0.369 e. The summed E-state index contributed by atoms with van der Waals surface area (Å²) in [5.74, 6) is 1.66. The number of para-hydroxylation sites is 2. The molecule has 0 spiro atoms. The Balaban J connectivity index is 1.27. The molecular formula is C27H35N7. The normalized spacial score (nSPS) is 17.8. The molecule has 1 aromatic heterocycles. The molecule has 2 aromatic carbocycles. The SMILES string of the molecule is CN(C)c1nc(N[C@H]2CC[C@@H](NCCN(CCC#N)c3ccccc3)CC2)nc2ccccc12. The minimum atomic E-state index is 0.394. The average molecular weight is 458 g/mol. The fraction of sp³-hybridized carbons (Fsp3) is 0.444. The molecule has 1 saturated carbocycles. The summed E-state index contributed by atoms with van der Waals surface area (Å²) in [4.78, 5) is 13.9. The lowest BCUT2D eigenvalue weighted by molar-refractivity contribution is 0.355. The topological polar surface area (TPSA) is 80.1 Å². The van der Waals surface area contributed by atoms with Crippen LogP contribution in [0.5, 0.6) is 0 Å². The van der Waals surface area contributed by atoms with Crippen LogP contribution in [0, 0.1) is 11.3 Å². The summed E-state index contributed by atoms with van der Waals surface area (Å²) < 4.78 is 0. The Kier molecular flexibility index (Phi) is 8.16. The molecule has 0 aliphatic heterocycles. The van der Waals surface area contributed by atoms with E-state index in [0.717, 1.165) is 68.0 Å². The highest BCUT2D eigenvalue weighted by Crippen LogP contribution is 2.26. The molecule has 7 nitrogen and oxygen atoms in total. The Labute approximate surface area is 202 Å². The number of fused-ring (bicyclic) bond motifs is 1. The Morgan fingerprint density at radius 2 is 1.62 bits per heavy atom. The molecule has 0 atom stereocenters. The first-order chi connectivity index (χ1) is 16.6. The zero-order valence-electron chi connectivity index (χ0n) is 20.2. The lowest BCUT2D eigenvalue weighted by Gasteiger charge is -2.31. The van der Waals surface area contributed by atoms with Crippen LogP contribution in [0.3, 0.4) is 0 Å². The highest BCUT2D eigenvalue weighted by atomic mass is 15.2. The third kappa shape index (κ3) is 6.15. The van der Waals surface area contributed by atoms with E-state index in [4.69, 9.17) is 15.2 Å². The summed E-state index contributed by atoms with van der Waals surface area (Å²) in [5, 5.41) is 17.4. The second-order valence-electron chi connectivity index (χ2n) is 9.16. The smallest absolute Gasteiger partial charge is 0.225 e. The molecule has 1 fully saturated rings. The fourth-order valence-corrected chi connectivity index (χ4v) is 4.69. The number of nitrogens with one attached hydrogen (secondary N) is 2. The van der Waals surface area contributed by atoms with Crippen LogP contribution < -0.4 is 20.4 Å². The zero-order chi connectivity index (χ0) is 23.8. The van der Waals surface area contributed by atoms with Gasteiger partial charge in [0.15, 0.2) is 0 Å². The predicted molar refractivity (Wildman–Crippen MR) is 140 cm³/mol. The molecule has 1 heterocycles. The quantitative estimate of drug-likeness (QED) is 0.466. The zero-order valence-corrected chi connectivity index (χ0v) is 20.2. The summed E-state index contributed by atoms with van der Waals surface area (Å²) in [6.45, 7) is 2.59. The number of anilines is 3. The van der Waals surface area contributed by atoms with Crippen LogP contribution in [-0.2, 0) is 0 Å². The maximum absolute atomic E-state index is 9.01. The first-order valence-corrected chi connectivity index (χ1v) is 12.2. The Morgan fingerprint density at radius 1 is 0.912 bits per heavy atom. The molecule has 34 heavy (non-hydrogen) atoms. The van der Waals surface area contributed by atoms with Crippen LogP contribution in [0.1, 0.15) is 32.1 Å². The second-order valence-corrected chi connectivity index (χ2v) is 9.16. The van der Waals surface area contributed by atoms with Crippen LogP contribution in [0.4, 0.5) is 17.5 Å². The molecule has 7 heteroatoms. The van der Waals surface area contributed by atoms with Crippen molar-refractivity contribution in [1.82, 2.24) is 15.3 Å². The molecule has 0 radical (unpaired) electrons. The molecule has 1 aliphatic rings. The third-order valence-corrected chi connectivity index (χ3v) is 6.50. The minimum absolute atomic E-state index is 0.394. The van der Waals surface area contributed by atoms with Gasteiger partial charge in [-0.2, -0.15) is 10.2 Å². The van der Waals surface area contributed by atoms with Crippen molar-refractivity contribution in [2.24, 2.45) is 0 Å². The maximum Gasteiger partial charge on any atom is 0.225 e. The summed E-state index contributed by atoms with van der Waals surface area (Å²) in [5.41, 5.74) is 2.15. The molecule has 1 aliphatic carbocycles. The molecule has 4 rings (SSSR count). The largest absolute Gasteiger partial charge is 0.369 e. The number of nitrogens with zero attached hydrogens (tertiary/aromatic N) is 5. The van der Waals surface area contributed by atoms with Gasteiger partial charge in [-0.15, -0.1) is 0 Å². The van der Waals surface area contributed by atoms with E-state index in [1.807, 2.05) is 43.3 Å². The molecule has 0 unspecified atom stereocenters. The van der Waals surface area contributed by atoms with E-state index in [2.05, 4.69) is 51.9 Å². The van der Waals surface area contributed by atoms with E-state index >= 15 is 0 Å². The summed E-state index contributed by atoms with van der Waals surface area (Å²) in [6.07, 6.45) is 5.01.